The van der Waals surface area contributed by atoms with E-state index in [-0.39, 0.29) is 19.0 Å². The van der Waals surface area contributed by atoms with Crippen molar-refractivity contribution in [3.05, 3.63) is 66.0 Å². The highest BCUT2D eigenvalue weighted by molar-refractivity contribution is 7.88. The number of sulfonamides is 1. The second-order valence-corrected chi connectivity index (χ2v) is 7.14. The minimum atomic E-state index is -3.48. The van der Waals surface area contributed by atoms with Crippen LogP contribution in [-0.4, -0.2) is 36.4 Å². The molecular weight excluding hydrogens is 314 g/mol. The van der Waals surface area contributed by atoms with Gasteiger partial charge in [-0.3, -0.25) is 9.78 Å². The lowest BCUT2D eigenvalue weighted by Gasteiger charge is -2.19. The highest BCUT2D eigenvalue weighted by Crippen LogP contribution is 2.08. The summed E-state index contributed by atoms with van der Waals surface area (Å²) in [5, 5.41) is 2.70. The molecule has 2 rings (SSSR count). The van der Waals surface area contributed by atoms with Gasteiger partial charge in [-0.1, -0.05) is 36.4 Å². The average Bonchev–Trinajstić information content (AvgIpc) is 2.53. The predicted octanol–water partition coefficient (Wildman–Crippen LogP) is 1.16. The third kappa shape index (κ3) is 5.80. The number of nitrogens with zero attached hydrogens (tertiary/aromatic N) is 2. The van der Waals surface area contributed by atoms with Gasteiger partial charge in [-0.05, 0) is 17.2 Å². The van der Waals surface area contributed by atoms with Gasteiger partial charge in [0.2, 0.25) is 15.9 Å². The van der Waals surface area contributed by atoms with Gasteiger partial charge >= 0.3 is 0 Å². The number of amides is 1. The minimum absolute atomic E-state index is 0.167. The van der Waals surface area contributed by atoms with Gasteiger partial charge in [-0.25, -0.2) is 8.42 Å². The van der Waals surface area contributed by atoms with Crippen LogP contribution in [0.4, 0.5) is 0 Å². The maximum absolute atomic E-state index is 12.0. The molecule has 2 aromatic rings. The van der Waals surface area contributed by atoms with Crippen LogP contribution in [0.15, 0.2) is 54.9 Å². The van der Waals surface area contributed by atoms with E-state index in [4.69, 9.17) is 0 Å². The van der Waals surface area contributed by atoms with Crippen LogP contribution in [0, 0.1) is 0 Å². The number of pyridine rings is 1. The molecule has 0 unspecified atom stereocenters. The van der Waals surface area contributed by atoms with E-state index >= 15 is 0 Å². The van der Waals surface area contributed by atoms with Crippen LogP contribution in [0.1, 0.15) is 11.1 Å². The third-order valence-corrected chi connectivity index (χ3v) is 4.40. The molecule has 0 saturated carbocycles. The van der Waals surface area contributed by atoms with E-state index in [0.717, 1.165) is 21.7 Å². The smallest absolute Gasteiger partial charge is 0.235 e. The normalized spacial score (nSPS) is 11.4. The number of aromatic nitrogens is 1. The van der Waals surface area contributed by atoms with Gasteiger partial charge in [0, 0.05) is 25.5 Å². The Balaban J connectivity index is 1.96. The Morgan fingerprint density at radius 2 is 1.83 bits per heavy atom. The summed E-state index contributed by atoms with van der Waals surface area (Å²) in [7, 11) is -3.48. The molecule has 0 bridgehead atoms. The van der Waals surface area contributed by atoms with Crippen molar-refractivity contribution in [2.75, 3.05) is 12.8 Å². The Morgan fingerprint density at radius 1 is 1.13 bits per heavy atom. The van der Waals surface area contributed by atoms with E-state index in [1.807, 2.05) is 36.4 Å². The second-order valence-electron chi connectivity index (χ2n) is 5.15. The van der Waals surface area contributed by atoms with E-state index in [2.05, 4.69) is 10.3 Å². The molecule has 1 heterocycles. The lowest BCUT2D eigenvalue weighted by molar-refractivity contribution is -0.121. The Labute approximate surface area is 136 Å². The van der Waals surface area contributed by atoms with Crippen molar-refractivity contribution in [3.63, 3.8) is 0 Å². The van der Waals surface area contributed by atoms with E-state index in [0.29, 0.717) is 6.54 Å². The molecule has 1 N–H and O–H groups in total. The lowest BCUT2D eigenvalue weighted by Crippen LogP contribution is -2.39. The molecule has 1 aromatic carbocycles. The topological polar surface area (TPSA) is 79.4 Å². The summed E-state index contributed by atoms with van der Waals surface area (Å²) in [4.78, 5) is 16.0. The van der Waals surface area contributed by atoms with Crippen molar-refractivity contribution >= 4 is 15.9 Å². The fourth-order valence-corrected chi connectivity index (χ4v) is 2.73. The van der Waals surface area contributed by atoms with Crippen LogP contribution in [0.3, 0.4) is 0 Å². The quantitative estimate of drug-likeness (QED) is 0.824. The van der Waals surface area contributed by atoms with Gasteiger partial charge in [0.25, 0.3) is 0 Å². The molecule has 7 heteroatoms. The summed E-state index contributed by atoms with van der Waals surface area (Å²) in [6, 6.07) is 12.8. The van der Waals surface area contributed by atoms with Crippen LogP contribution in [-0.2, 0) is 27.9 Å². The van der Waals surface area contributed by atoms with Crippen LogP contribution in [0.2, 0.25) is 0 Å². The summed E-state index contributed by atoms with van der Waals surface area (Å²) < 4.78 is 24.9. The molecule has 0 atom stereocenters. The lowest BCUT2D eigenvalue weighted by atomic mass is 10.2. The maximum atomic E-state index is 12.0. The van der Waals surface area contributed by atoms with E-state index in [1.165, 1.54) is 0 Å². The van der Waals surface area contributed by atoms with Gasteiger partial charge in [0.05, 0.1) is 12.8 Å². The number of carbonyl (C=O) groups excluding carboxylic acids is 1. The highest BCUT2D eigenvalue weighted by atomic mass is 32.2. The van der Waals surface area contributed by atoms with Gasteiger partial charge in [-0.15, -0.1) is 0 Å². The van der Waals surface area contributed by atoms with E-state index < -0.39 is 10.0 Å². The first-order valence-electron chi connectivity index (χ1n) is 7.10. The number of rotatable bonds is 7. The monoisotopic (exact) mass is 333 g/mol. The number of hydrogen-bond acceptors (Lipinski definition) is 4. The van der Waals surface area contributed by atoms with Crippen molar-refractivity contribution in [1.29, 1.82) is 0 Å². The number of benzene rings is 1. The summed E-state index contributed by atoms with van der Waals surface area (Å²) in [6.45, 7) is 0.267. The second kappa shape index (κ2) is 7.85. The molecule has 1 amide bonds. The highest BCUT2D eigenvalue weighted by Gasteiger charge is 2.20. The first-order valence-corrected chi connectivity index (χ1v) is 8.94. The summed E-state index contributed by atoms with van der Waals surface area (Å²) in [6.07, 6.45) is 4.40. The van der Waals surface area contributed by atoms with Crippen molar-refractivity contribution in [2.45, 2.75) is 13.1 Å². The van der Waals surface area contributed by atoms with Gasteiger partial charge in [0.1, 0.15) is 0 Å². The van der Waals surface area contributed by atoms with E-state index in [9.17, 15) is 13.2 Å². The van der Waals surface area contributed by atoms with Crippen molar-refractivity contribution < 1.29 is 13.2 Å². The number of carbonyl (C=O) groups is 1. The van der Waals surface area contributed by atoms with E-state index in [1.54, 1.807) is 18.5 Å². The Kier molecular flexibility index (Phi) is 5.84. The molecule has 0 aliphatic heterocycles. The Morgan fingerprint density at radius 3 is 2.43 bits per heavy atom. The van der Waals surface area contributed by atoms with Crippen molar-refractivity contribution in [1.82, 2.24) is 14.6 Å². The van der Waals surface area contributed by atoms with Crippen LogP contribution in [0.5, 0.6) is 0 Å². The molecule has 23 heavy (non-hydrogen) atoms. The number of hydrogen-bond donors (Lipinski definition) is 1. The first-order chi connectivity index (χ1) is 10.9. The van der Waals surface area contributed by atoms with Crippen LogP contribution in [0.25, 0.3) is 0 Å². The Hall–Kier alpha value is -2.25. The predicted molar refractivity (Wildman–Crippen MR) is 87.8 cm³/mol. The molecule has 6 nitrogen and oxygen atoms in total. The molecule has 0 aliphatic rings. The zero-order chi connectivity index (χ0) is 16.7. The van der Waals surface area contributed by atoms with Crippen molar-refractivity contribution in [3.8, 4) is 0 Å². The SMILES string of the molecule is CS(=O)(=O)N(CC(=O)NCc1cccnc1)Cc1ccccc1. The average molecular weight is 333 g/mol. The summed E-state index contributed by atoms with van der Waals surface area (Å²) in [5.41, 5.74) is 1.69. The van der Waals surface area contributed by atoms with Crippen LogP contribution < -0.4 is 5.32 Å². The molecule has 0 spiro atoms. The maximum Gasteiger partial charge on any atom is 0.235 e. The van der Waals surface area contributed by atoms with Crippen molar-refractivity contribution in [2.24, 2.45) is 0 Å². The fourth-order valence-electron chi connectivity index (χ4n) is 2.00. The largest absolute Gasteiger partial charge is 0.351 e. The zero-order valence-electron chi connectivity index (χ0n) is 12.8. The minimum Gasteiger partial charge on any atom is -0.351 e. The molecule has 1 aromatic heterocycles. The fraction of sp³-hybridized carbons (Fsp3) is 0.250. The molecule has 0 fully saturated rings. The Bertz CT molecular complexity index is 734. The molecule has 0 saturated heterocycles. The molecule has 122 valence electrons. The van der Waals surface area contributed by atoms with Gasteiger partial charge in [0.15, 0.2) is 0 Å². The third-order valence-electron chi connectivity index (χ3n) is 3.20. The standard InChI is InChI=1S/C16H19N3O3S/c1-23(21,22)19(12-14-6-3-2-4-7-14)13-16(20)18-11-15-8-5-9-17-10-15/h2-10H,11-13H2,1H3,(H,18,20). The van der Waals surface area contributed by atoms with Gasteiger partial charge in [-0.2, -0.15) is 4.31 Å². The van der Waals surface area contributed by atoms with Crippen LogP contribution >= 0.6 is 0 Å². The first kappa shape index (κ1) is 17.1. The molecule has 0 radical (unpaired) electrons. The number of nitrogens with one attached hydrogen (secondary N) is 1. The van der Waals surface area contributed by atoms with Gasteiger partial charge < -0.3 is 5.32 Å². The summed E-state index contributed by atoms with van der Waals surface area (Å²) >= 11 is 0. The molecular formula is C16H19N3O3S. The summed E-state index contributed by atoms with van der Waals surface area (Å²) in [5.74, 6) is -0.352. The molecule has 0 aliphatic carbocycles. The zero-order valence-corrected chi connectivity index (χ0v) is 13.7.